The molecule has 0 radical (unpaired) electrons. The molecule has 0 bridgehead atoms. The molecule has 1 atom stereocenters. The highest BCUT2D eigenvalue weighted by Gasteiger charge is 2.31. The van der Waals surface area contributed by atoms with Crippen LogP contribution in [0.25, 0.3) is 0 Å². The maximum absolute atomic E-state index is 6.36. The lowest BCUT2D eigenvalue weighted by atomic mass is 10.0. The van der Waals surface area contributed by atoms with Crippen LogP contribution in [0.1, 0.15) is 17.2 Å². The zero-order chi connectivity index (χ0) is 15.0. The summed E-state index contributed by atoms with van der Waals surface area (Å²) in [5.41, 5.74) is 9.22. The molecule has 3 nitrogen and oxygen atoms in total. The van der Waals surface area contributed by atoms with Gasteiger partial charge in [-0.3, -0.25) is 4.99 Å². The molecular formula is C16H15Cl2N3. The number of aryl methyl sites for hydroxylation is 1. The number of aliphatic imine (C=N–C) groups is 1. The molecule has 0 saturated heterocycles. The minimum Gasteiger partial charge on any atom is -0.369 e. The van der Waals surface area contributed by atoms with Crippen molar-refractivity contribution in [3.05, 3.63) is 63.6 Å². The summed E-state index contributed by atoms with van der Waals surface area (Å²) in [7, 11) is 0. The second-order valence-electron chi connectivity index (χ2n) is 5.01. The fourth-order valence-corrected chi connectivity index (χ4v) is 3.07. The summed E-state index contributed by atoms with van der Waals surface area (Å²) in [5.74, 6) is 0.505. The van der Waals surface area contributed by atoms with Crippen LogP contribution in [0.2, 0.25) is 10.0 Å². The van der Waals surface area contributed by atoms with E-state index in [0.717, 1.165) is 16.8 Å². The SMILES string of the molecule is Cc1ccccc1N1C(N)=NCC1c1cccc(Cl)c1Cl. The van der Waals surface area contributed by atoms with Crippen molar-refractivity contribution in [1.29, 1.82) is 0 Å². The molecule has 1 aliphatic heterocycles. The van der Waals surface area contributed by atoms with E-state index in [-0.39, 0.29) is 6.04 Å². The molecule has 0 aliphatic carbocycles. The van der Waals surface area contributed by atoms with Crippen LogP contribution in [0, 0.1) is 6.92 Å². The summed E-state index contributed by atoms with van der Waals surface area (Å²) in [6, 6.07) is 13.7. The Balaban J connectivity index is 2.08. The van der Waals surface area contributed by atoms with E-state index in [2.05, 4.69) is 18.0 Å². The van der Waals surface area contributed by atoms with Gasteiger partial charge in [0.2, 0.25) is 0 Å². The number of anilines is 1. The maximum atomic E-state index is 6.36. The molecule has 21 heavy (non-hydrogen) atoms. The van der Waals surface area contributed by atoms with Crippen LogP contribution in [-0.2, 0) is 0 Å². The van der Waals surface area contributed by atoms with Crippen LogP contribution in [0.15, 0.2) is 47.5 Å². The van der Waals surface area contributed by atoms with E-state index in [1.165, 1.54) is 0 Å². The lowest BCUT2D eigenvalue weighted by Crippen LogP contribution is -2.36. The normalized spacial score (nSPS) is 18.0. The molecule has 0 saturated carbocycles. The van der Waals surface area contributed by atoms with Gasteiger partial charge < -0.3 is 10.6 Å². The molecule has 5 heteroatoms. The molecule has 2 aromatic rings. The summed E-state index contributed by atoms with van der Waals surface area (Å²) in [5, 5.41) is 1.11. The van der Waals surface area contributed by atoms with Gasteiger partial charge in [-0.15, -0.1) is 0 Å². The predicted molar refractivity (Wildman–Crippen MR) is 89.4 cm³/mol. The van der Waals surface area contributed by atoms with E-state index >= 15 is 0 Å². The van der Waals surface area contributed by atoms with E-state index < -0.39 is 0 Å². The second kappa shape index (κ2) is 5.58. The minimum atomic E-state index is -0.0303. The van der Waals surface area contributed by atoms with Gasteiger partial charge in [-0.05, 0) is 30.2 Å². The highest BCUT2D eigenvalue weighted by molar-refractivity contribution is 6.42. The number of rotatable bonds is 2. The third kappa shape index (κ3) is 2.47. The van der Waals surface area contributed by atoms with E-state index in [9.17, 15) is 0 Å². The summed E-state index contributed by atoms with van der Waals surface area (Å²) in [4.78, 5) is 6.40. The van der Waals surface area contributed by atoms with Crippen molar-refractivity contribution in [3.8, 4) is 0 Å². The quantitative estimate of drug-likeness (QED) is 0.902. The van der Waals surface area contributed by atoms with Crippen molar-refractivity contribution >= 4 is 34.8 Å². The van der Waals surface area contributed by atoms with Gasteiger partial charge in [0, 0.05) is 5.69 Å². The number of para-hydroxylation sites is 1. The van der Waals surface area contributed by atoms with Crippen LogP contribution in [0.4, 0.5) is 5.69 Å². The first-order valence-corrected chi connectivity index (χ1v) is 7.44. The Kier molecular flexibility index (Phi) is 3.79. The van der Waals surface area contributed by atoms with Crippen molar-refractivity contribution in [2.45, 2.75) is 13.0 Å². The Morgan fingerprint density at radius 1 is 1.14 bits per heavy atom. The van der Waals surface area contributed by atoms with Gasteiger partial charge in [-0.25, -0.2) is 0 Å². The zero-order valence-electron chi connectivity index (χ0n) is 11.6. The number of halogens is 2. The van der Waals surface area contributed by atoms with Crippen molar-refractivity contribution in [2.75, 3.05) is 11.4 Å². The fourth-order valence-electron chi connectivity index (χ4n) is 2.64. The van der Waals surface area contributed by atoms with Gasteiger partial charge in [-0.1, -0.05) is 53.5 Å². The molecule has 0 spiro atoms. The standard InChI is InChI=1S/C16H15Cl2N3/c1-10-5-2-3-8-13(10)21-14(9-20-16(21)19)11-6-4-7-12(17)15(11)18/h2-8,14H,9H2,1H3,(H2,19,20). The first kappa shape index (κ1) is 14.2. The molecule has 1 unspecified atom stereocenters. The minimum absolute atomic E-state index is 0.0303. The molecule has 2 N–H and O–H groups in total. The van der Waals surface area contributed by atoms with Crippen molar-refractivity contribution < 1.29 is 0 Å². The first-order valence-electron chi connectivity index (χ1n) is 6.68. The summed E-state index contributed by atoms with van der Waals surface area (Å²) in [6.07, 6.45) is 0. The number of benzene rings is 2. The molecule has 1 aliphatic rings. The highest BCUT2D eigenvalue weighted by atomic mass is 35.5. The van der Waals surface area contributed by atoms with Crippen molar-refractivity contribution in [2.24, 2.45) is 10.7 Å². The van der Waals surface area contributed by atoms with Crippen LogP contribution in [-0.4, -0.2) is 12.5 Å². The van der Waals surface area contributed by atoms with E-state index in [1.807, 2.05) is 35.2 Å². The average molecular weight is 320 g/mol. The molecular weight excluding hydrogens is 305 g/mol. The average Bonchev–Trinajstić information content (AvgIpc) is 2.84. The molecule has 3 rings (SSSR count). The Hall–Kier alpha value is -1.71. The number of hydrogen-bond acceptors (Lipinski definition) is 3. The van der Waals surface area contributed by atoms with Crippen molar-refractivity contribution in [1.82, 2.24) is 0 Å². The number of hydrogen-bond donors (Lipinski definition) is 1. The van der Waals surface area contributed by atoms with Gasteiger partial charge in [0.1, 0.15) is 0 Å². The number of nitrogens with zero attached hydrogens (tertiary/aromatic N) is 2. The Morgan fingerprint density at radius 2 is 1.90 bits per heavy atom. The molecule has 0 aromatic heterocycles. The fraction of sp³-hybridized carbons (Fsp3) is 0.188. The smallest absolute Gasteiger partial charge is 0.196 e. The van der Waals surface area contributed by atoms with E-state index in [0.29, 0.717) is 22.5 Å². The summed E-state index contributed by atoms with van der Waals surface area (Å²) >= 11 is 12.5. The molecule has 1 heterocycles. The van der Waals surface area contributed by atoms with Gasteiger partial charge in [-0.2, -0.15) is 0 Å². The van der Waals surface area contributed by atoms with Crippen LogP contribution in [0.5, 0.6) is 0 Å². The second-order valence-corrected chi connectivity index (χ2v) is 5.80. The number of guanidine groups is 1. The molecule has 108 valence electrons. The number of nitrogens with two attached hydrogens (primary N) is 1. The molecule has 0 fully saturated rings. The van der Waals surface area contributed by atoms with Gasteiger partial charge in [0.05, 0.1) is 22.6 Å². The van der Waals surface area contributed by atoms with Gasteiger partial charge in [0.15, 0.2) is 5.96 Å². The topological polar surface area (TPSA) is 41.6 Å². The van der Waals surface area contributed by atoms with Gasteiger partial charge in [0.25, 0.3) is 0 Å². The zero-order valence-corrected chi connectivity index (χ0v) is 13.1. The molecule has 0 amide bonds. The van der Waals surface area contributed by atoms with Gasteiger partial charge >= 0.3 is 0 Å². The molecule has 2 aromatic carbocycles. The summed E-state index contributed by atoms with van der Waals surface area (Å²) in [6.45, 7) is 2.62. The van der Waals surface area contributed by atoms with E-state index in [4.69, 9.17) is 28.9 Å². The Labute approximate surface area is 134 Å². The predicted octanol–water partition coefficient (Wildman–Crippen LogP) is 4.18. The lowest BCUT2D eigenvalue weighted by molar-refractivity contribution is 0.767. The Morgan fingerprint density at radius 3 is 2.67 bits per heavy atom. The third-order valence-corrected chi connectivity index (χ3v) is 4.53. The van der Waals surface area contributed by atoms with Crippen LogP contribution < -0.4 is 10.6 Å². The largest absolute Gasteiger partial charge is 0.369 e. The summed E-state index contributed by atoms with van der Waals surface area (Å²) < 4.78 is 0. The Bertz CT molecular complexity index is 712. The first-order chi connectivity index (χ1) is 10.1. The lowest BCUT2D eigenvalue weighted by Gasteiger charge is -2.28. The third-order valence-electron chi connectivity index (χ3n) is 3.70. The van der Waals surface area contributed by atoms with Crippen LogP contribution >= 0.6 is 23.2 Å². The monoisotopic (exact) mass is 319 g/mol. The van der Waals surface area contributed by atoms with Crippen LogP contribution in [0.3, 0.4) is 0 Å². The highest BCUT2D eigenvalue weighted by Crippen LogP contribution is 2.38. The van der Waals surface area contributed by atoms with E-state index in [1.54, 1.807) is 6.07 Å². The maximum Gasteiger partial charge on any atom is 0.196 e. The van der Waals surface area contributed by atoms with Crippen molar-refractivity contribution in [3.63, 3.8) is 0 Å².